The summed E-state index contributed by atoms with van der Waals surface area (Å²) in [4.78, 5) is 12.3. The van der Waals surface area contributed by atoms with Crippen LogP contribution >= 0.6 is 0 Å². The first-order valence-electron chi connectivity index (χ1n) is 6.73. The second kappa shape index (κ2) is 5.91. The zero-order chi connectivity index (χ0) is 15.6. The standard InChI is InChI=1S/C16H20N2O3/c1-9-7-14(11(3)21-9)10(2)18-16(19)13-6-5-12(20-4)8-15(13)17/h5-8,10H,17H2,1-4H3,(H,18,19). The Labute approximate surface area is 124 Å². The van der Waals surface area contributed by atoms with E-state index in [-0.39, 0.29) is 11.9 Å². The number of amides is 1. The maximum absolute atomic E-state index is 12.3. The lowest BCUT2D eigenvalue weighted by Gasteiger charge is -2.14. The average molecular weight is 288 g/mol. The van der Waals surface area contributed by atoms with Gasteiger partial charge in [-0.05, 0) is 39.0 Å². The second-order valence-corrected chi connectivity index (χ2v) is 5.02. The van der Waals surface area contributed by atoms with Crippen LogP contribution in [-0.2, 0) is 0 Å². The van der Waals surface area contributed by atoms with E-state index in [9.17, 15) is 4.79 Å². The summed E-state index contributed by atoms with van der Waals surface area (Å²) in [6.07, 6.45) is 0. The molecule has 0 aliphatic heterocycles. The van der Waals surface area contributed by atoms with Crippen molar-refractivity contribution in [3.63, 3.8) is 0 Å². The molecule has 0 aliphatic rings. The van der Waals surface area contributed by atoms with Crippen LogP contribution in [0.15, 0.2) is 28.7 Å². The predicted octanol–water partition coefficient (Wildman–Crippen LogP) is 2.98. The van der Waals surface area contributed by atoms with Gasteiger partial charge in [-0.25, -0.2) is 0 Å². The van der Waals surface area contributed by atoms with Crippen LogP contribution in [0.2, 0.25) is 0 Å². The first kappa shape index (κ1) is 15.0. The van der Waals surface area contributed by atoms with Crippen LogP contribution < -0.4 is 15.8 Å². The number of anilines is 1. The fraction of sp³-hybridized carbons (Fsp3) is 0.312. The summed E-state index contributed by atoms with van der Waals surface area (Å²) in [5.74, 6) is 2.04. The maximum Gasteiger partial charge on any atom is 0.253 e. The van der Waals surface area contributed by atoms with Crippen molar-refractivity contribution in [1.29, 1.82) is 0 Å². The van der Waals surface area contributed by atoms with E-state index in [1.165, 1.54) is 0 Å². The summed E-state index contributed by atoms with van der Waals surface area (Å²) in [6, 6.07) is 6.77. The van der Waals surface area contributed by atoms with E-state index in [2.05, 4.69) is 5.32 Å². The van der Waals surface area contributed by atoms with Crippen molar-refractivity contribution < 1.29 is 13.9 Å². The molecule has 3 N–H and O–H groups in total. The molecular formula is C16H20N2O3. The van der Waals surface area contributed by atoms with Gasteiger partial charge in [0, 0.05) is 17.3 Å². The summed E-state index contributed by atoms with van der Waals surface area (Å²) in [6.45, 7) is 5.67. The smallest absolute Gasteiger partial charge is 0.253 e. The molecule has 2 aromatic rings. The third-order valence-electron chi connectivity index (χ3n) is 3.40. The highest BCUT2D eigenvalue weighted by Gasteiger charge is 2.17. The number of furan rings is 1. The molecule has 1 aromatic heterocycles. The van der Waals surface area contributed by atoms with E-state index in [1.807, 2.05) is 26.8 Å². The van der Waals surface area contributed by atoms with Gasteiger partial charge in [0.2, 0.25) is 0 Å². The van der Waals surface area contributed by atoms with Gasteiger partial charge in [-0.1, -0.05) is 0 Å². The zero-order valence-corrected chi connectivity index (χ0v) is 12.7. The van der Waals surface area contributed by atoms with Crippen LogP contribution in [0.5, 0.6) is 5.75 Å². The van der Waals surface area contributed by atoms with E-state index in [0.717, 1.165) is 17.1 Å². The fourth-order valence-electron chi connectivity index (χ4n) is 2.31. The Hall–Kier alpha value is -2.43. The fourth-order valence-corrected chi connectivity index (χ4v) is 2.31. The number of hydrogen-bond donors (Lipinski definition) is 2. The van der Waals surface area contributed by atoms with E-state index >= 15 is 0 Å². The number of aryl methyl sites for hydroxylation is 2. The molecule has 1 heterocycles. The molecule has 0 aliphatic carbocycles. The molecule has 0 saturated heterocycles. The van der Waals surface area contributed by atoms with Crippen molar-refractivity contribution in [1.82, 2.24) is 5.32 Å². The van der Waals surface area contributed by atoms with Crippen molar-refractivity contribution in [2.75, 3.05) is 12.8 Å². The van der Waals surface area contributed by atoms with E-state index < -0.39 is 0 Å². The van der Waals surface area contributed by atoms with Crippen molar-refractivity contribution in [2.24, 2.45) is 0 Å². The normalized spacial score (nSPS) is 12.0. The molecule has 5 nitrogen and oxygen atoms in total. The van der Waals surface area contributed by atoms with Crippen LogP contribution in [-0.4, -0.2) is 13.0 Å². The number of nitrogens with two attached hydrogens (primary N) is 1. The van der Waals surface area contributed by atoms with E-state index in [1.54, 1.807) is 25.3 Å². The molecule has 0 bridgehead atoms. The van der Waals surface area contributed by atoms with Gasteiger partial charge in [0.05, 0.1) is 18.7 Å². The average Bonchev–Trinajstić information content (AvgIpc) is 2.77. The van der Waals surface area contributed by atoms with Gasteiger partial charge >= 0.3 is 0 Å². The third-order valence-corrected chi connectivity index (χ3v) is 3.40. The highest BCUT2D eigenvalue weighted by molar-refractivity contribution is 5.99. The van der Waals surface area contributed by atoms with Gasteiger partial charge in [-0.15, -0.1) is 0 Å². The Morgan fingerprint density at radius 3 is 2.57 bits per heavy atom. The van der Waals surface area contributed by atoms with Crippen LogP contribution in [0, 0.1) is 13.8 Å². The minimum atomic E-state index is -0.221. The van der Waals surface area contributed by atoms with E-state index in [0.29, 0.717) is 17.0 Å². The third kappa shape index (κ3) is 3.18. The summed E-state index contributed by atoms with van der Waals surface area (Å²) < 4.78 is 10.6. The van der Waals surface area contributed by atoms with Crippen molar-refractivity contribution in [2.45, 2.75) is 26.8 Å². The molecule has 1 aromatic carbocycles. The predicted molar refractivity (Wildman–Crippen MR) is 81.5 cm³/mol. The van der Waals surface area contributed by atoms with Crippen molar-refractivity contribution in [3.05, 3.63) is 46.9 Å². The summed E-state index contributed by atoms with van der Waals surface area (Å²) in [5, 5.41) is 2.93. The number of rotatable bonds is 4. The topological polar surface area (TPSA) is 77.5 Å². The summed E-state index contributed by atoms with van der Waals surface area (Å²) >= 11 is 0. The highest BCUT2D eigenvalue weighted by Crippen LogP contribution is 2.23. The SMILES string of the molecule is COc1ccc(C(=O)NC(C)c2cc(C)oc2C)c(N)c1. The first-order valence-corrected chi connectivity index (χ1v) is 6.73. The van der Waals surface area contributed by atoms with Gasteiger partial charge in [0.25, 0.3) is 5.91 Å². The second-order valence-electron chi connectivity index (χ2n) is 5.02. The number of hydrogen-bond acceptors (Lipinski definition) is 4. The summed E-state index contributed by atoms with van der Waals surface area (Å²) in [5.41, 5.74) is 7.67. The van der Waals surface area contributed by atoms with E-state index in [4.69, 9.17) is 14.9 Å². The molecule has 1 atom stereocenters. The molecular weight excluding hydrogens is 268 g/mol. The molecule has 1 unspecified atom stereocenters. The number of methoxy groups -OCH3 is 1. The molecule has 0 saturated carbocycles. The Bertz CT molecular complexity index is 662. The number of nitrogen functional groups attached to an aromatic ring is 1. The lowest BCUT2D eigenvalue weighted by Crippen LogP contribution is -2.27. The van der Waals surface area contributed by atoms with Gasteiger partial charge < -0.3 is 20.2 Å². The van der Waals surface area contributed by atoms with Crippen LogP contribution in [0.4, 0.5) is 5.69 Å². The molecule has 112 valence electrons. The highest BCUT2D eigenvalue weighted by atomic mass is 16.5. The molecule has 0 radical (unpaired) electrons. The maximum atomic E-state index is 12.3. The minimum Gasteiger partial charge on any atom is -0.497 e. The molecule has 21 heavy (non-hydrogen) atoms. The van der Waals surface area contributed by atoms with Crippen molar-refractivity contribution >= 4 is 11.6 Å². The van der Waals surface area contributed by atoms with Gasteiger partial charge in [0.1, 0.15) is 17.3 Å². The van der Waals surface area contributed by atoms with Crippen LogP contribution in [0.1, 0.15) is 40.4 Å². The minimum absolute atomic E-state index is 0.156. The summed E-state index contributed by atoms with van der Waals surface area (Å²) in [7, 11) is 1.56. The number of carbonyl (C=O) groups is 1. The van der Waals surface area contributed by atoms with Crippen LogP contribution in [0.25, 0.3) is 0 Å². The Morgan fingerprint density at radius 1 is 1.33 bits per heavy atom. The molecule has 0 spiro atoms. The first-order chi connectivity index (χ1) is 9.92. The van der Waals surface area contributed by atoms with Gasteiger partial charge in [-0.3, -0.25) is 4.79 Å². The van der Waals surface area contributed by atoms with Gasteiger partial charge in [-0.2, -0.15) is 0 Å². The lowest BCUT2D eigenvalue weighted by molar-refractivity contribution is 0.0940. The number of nitrogens with one attached hydrogen (secondary N) is 1. The Balaban J connectivity index is 2.16. The lowest BCUT2D eigenvalue weighted by atomic mass is 10.1. The quantitative estimate of drug-likeness (QED) is 0.848. The van der Waals surface area contributed by atoms with Crippen LogP contribution in [0.3, 0.4) is 0 Å². The molecule has 2 rings (SSSR count). The molecule has 0 fully saturated rings. The molecule has 1 amide bonds. The number of carbonyl (C=O) groups excluding carboxylic acids is 1. The molecule has 5 heteroatoms. The number of ether oxygens (including phenoxy) is 1. The monoisotopic (exact) mass is 288 g/mol. The largest absolute Gasteiger partial charge is 0.497 e. The Morgan fingerprint density at radius 2 is 2.05 bits per heavy atom. The van der Waals surface area contributed by atoms with Gasteiger partial charge in [0.15, 0.2) is 0 Å². The van der Waals surface area contributed by atoms with Crippen molar-refractivity contribution in [3.8, 4) is 5.75 Å². The zero-order valence-electron chi connectivity index (χ0n) is 12.7. The number of benzene rings is 1. The Kier molecular flexibility index (Phi) is 4.21.